The Morgan fingerprint density at radius 1 is 1.19 bits per heavy atom. The molecule has 2 bridgehead atoms. The summed E-state index contributed by atoms with van der Waals surface area (Å²) >= 11 is 0. The van der Waals surface area contributed by atoms with Gasteiger partial charge in [-0.1, -0.05) is 20.8 Å². The van der Waals surface area contributed by atoms with Crippen LogP contribution in [-0.4, -0.2) is 50.5 Å². The molecule has 8 nitrogen and oxygen atoms in total. The minimum atomic E-state index is -1.21. The number of aromatic amines is 1. The number of nitrogens with zero attached hydrogens (tertiary/aromatic N) is 1. The number of amides is 1. The third-order valence-electron chi connectivity index (χ3n) is 6.67. The molecule has 32 heavy (non-hydrogen) atoms. The van der Waals surface area contributed by atoms with Crippen molar-refractivity contribution in [3.05, 3.63) is 42.1 Å². The number of carboxylic acids is 2. The zero-order valence-electron chi connectivity index (χ0n) is 18.5. The first kappa shape index (κ1) is 22.1. The molecule has 1 aromatic carbocycles. The minimum Gasteiger partial charge on any atom is -0.480 e. The van der Waals surface area contributed by atoms with Gasteiger partial charge in [0.15, 0.2) is 0 Å². The lowest BCUT2D eigenvalue weighted by molar-refractivity contribution is -0.144. The summed E-state index contributed by atoms with van der Waals surface area (Å²) in [5, 5.41) is 22.3. The predicted molar refractivity (Wildman–Crippen MR) is 120 cm³/mol. The van der Waals surface area contributed by atoms with Gasteiger partial charge >= 0.3 is 11.9 Å². The number of hydrogen-bond donors (Lipinski definition) is 4. The third kappa shape index (κ3) is 4.27. The van der Waals surface area contributed by atoms with E-state index in [4.69, 9.17) is 5.11 Å². The van der Waals surface area contributed by atoms with Crippen molar-refractivity contribution < 1.29 is 24.6 Å². The molecular weight excluding hydrogens is 410 g/mol. The van der Waals surface area contributed by atoms with Crippen LogP contribution in [0.1, 0.15) is 51.6 Å². The third-order valence-corrected chi connectivity index (χ3v) is 6.67. The van der Waals surface area contributed by atoms with Gasteiger partial charge in [0, 0.05) is 53.1 Å². The van der Waals surface area contributed by atoms with Crippen LogP contribution in [0.4, 0.5) is 5.69 Å². The van der Waals surface area contributed by atoms with Crippen molar-refractivity contribution in [3.8, 4) is 0 Å². The van der Waals surface area contributed by atoms with E-state index in [-0.39, 0.29) is 16.9 Å². The lowest BCUT2D eigenvalue weighted by Crippen LogP contribution is -2.39. The highest BCUT2D eigenvalue weighted by atomic mass is 16.4. The van der Waals surface area contributed by atoms with Crippen LogP contribution in [-0.2, 0) is 14.4 Å². The van der Waals surface area contributed by atoms with Gasteiger partial charge in [-0.25, -0.2) is 4.79 Å². The molecule has 0 radical (unpaired) electrons. The quantitative estimate of drug-likeness (QED) is 0.508. The molecule has 1 amide bonds. The molecule has 4 rings (SSSR count). The van der Waals surface area contributed by atoms with Crippen molar-refractivity contribution in [3.63, 3.8) is 0 Å². The number of rotatable bonds is 6. The molecule has 1 saturated carbocycles. The number of aromatic nitrogens is 1. The largest absolute Gasteiger partial charge is 0.480 e. The minimum absolute atomic E-state index is 0.0990. The number of likely N-dealkylation sites (tertiary alicyclic amines) is 1. The number of aliphatic carboxylic acids is 2. The molecule has 2 heterocycles. The standard InChI is InChI=1S/C24H29N3O5/c1-23(2)9-15-10-24(3,12-23)13-27(15)21(22(31)32)17-11-25-18-5-4-14(8-16(17)18)26-19(28)6-7-20(29)30/h4-8,11,15,21,25H,9-10,12-13H2,1-3H3,(H,26,28)(H,29,30)(H,31,32)/b7-6+/t15-,21-,24-/m0/s1. The average molecular weight is 440 g/mol. The smallest absolute Gasteiger partial charge is 0.328 e. The summed E-state index contributed by atoms with van der Waals surface area (Å²) in [6.45, 7) is 7.51. The Hall–Kier alpha value is -3.13. The molecule has 1 aliphatic heterocycles. The van der Waals surface area contributed by atoms with Crippen LogP contribution in [0.15, 0.2) is 36.5 Å². The van der Waals surface area contributed by atoms with Gasteiger partial charge in [-0.15, -0.1) is 0 Å². The number of carbonyl (C=O) groups excluding carboxylic acids is 1. The normalized spacial score (nSPS) is 25.8. The van der Waals surface area contributed by atoms with Crippen molar-refractivity contribution in [1.82, 2.24) is 9.88 Å². The maximum atomic E-state index is 12.5. The fourth-order valence-corrected chi connectivity index (χ4v) is 6.04. The summed E-state index contributed by atoms with van der Waals surface area (Å²) in [7, 11) is 0. The molecule has 2 aromatic rings. The van der Waals surface area contributed by atoms with Gasteiger partial charge in [0.1, 0.15) is 6.04 Å². The second kappa shape index (κ2) is 7.78. The Balaban J connectivity index is 1.67. The Labute approximate surface area is 186 Å². The first-order valence-corrected chi connectivity index (χ1v) is 10.8. The maximum Gasteiger partial charge on any atom is 0.328 e. The molecule has 170 valence electrons. The second-order valence-electron chi connectivity index (χ2n) is 10.3. The van der Waals surface area contributed by atoms with Crippen molar-refractivity contribution >= 4 is 34.4 Å². The zero-order chi connectivity index (χ0) is 23.3. The SMILES string of the molecule is CC1(C)C[C@H]2C[C@](C)(CN2[C@H](C(=O)O)c2c[nH]c3ccc(NC(=O)/C=C/C(=O)O)cc23)C1. The second-order valence-corrected chi connectivity index (χ2v) is 10.3. The van der Waals surface area contributed by atoms with E-state index < -0.39 is 23.9 Å². The molecule has 1 aromatic heterocycles. The number of benzene rings is 1. The first-order valence-electron chi connectivity index (χ1n) is 10.8. The highest BCUT2D eigenvalue weighted by Crippen LogP contribution is 2.54. The predicted octanol–water partition coefficient (Wildman–Crippen LogP) is 3.77. The van der Waals surface area contributed by atoms with E-state index in [9.17, 15) is 19.5 Å². The molecule has 0 spiro atoms. The van der Waals surface area contributed by atoms with E-state index in [0.717, 1.165) is 48.9 Å². The van der Waals surface area contributed by atoms with E-state index in [1.54, 1.807) is 24.4 Å². The lowest BCUT2D eigenvalue weighted by Gasteiger charge is -2.40. The lowest BCUT2D eigenvalue weighted by atomic mass is 9.65. The fraction of sp³-hybridized carbons (Fsp3) is 0.458. The molecule has 2 fully saturated rings. The fourth-order valence-electron chi connectivity index (χ4n) is 6.04. The number of hydrogen-bond acceptors (Lipinski definition) is 4. The highest BCUT2D eigenvalue weighted by molar-refractivity contribution is 6.03. The van der Waals surface area contributed by atoms with Crippen LogP contribution in [0.5, 0.6) is 0 Å². The van der Waals surface area contributed by atoms with E-state index in [1.807, 2.05) is 0 Å². The van der Waals surface area contributed by atoms with E-state index >= 15 is 0 Å². The van der Waals surface area contributed by atoms with Crippen LogP contribution >= 0.6 is 0 Å². The van der Waals surface area contributed by atoms with Gasteiger partial charge in [-0.05, 0) is 48.3 Å². The molecule has 1 aliphatic carbocycles. The topological polar surface area (TPSA) is 123 Å². The van der Waals surface area contributed by atoms with Gasteiger partial charge in [-0.3, -0.25) is 14.5 Å². The molecule has 1 saturated heterocycles. The summed E-state index contributed by atoms with van der Waals surface area (Å²) in [5.41, 5.74) is 2.19. The Kier molecular flexibility index (Phi) is 5.36. The molecule has 2 aliphatic rings. The Morgan fingerprint density at radius 2 is 1.94 bits per heavy atom. The van der Waals surface area contributed by atoms with Gasteiger partial charge < -0.3 is 20.5 Å². The summed E-state index contributed by atoms with van der Waals surface area (Å²) < 4.78 is 0. The Bertz CT molecular complexity index is 1120. The number of H-pyrrole nitrogens is 1. The number of anilines is 1. The Morgan fingerprint density at radius 3 is 2.62 bits per heavy atom. The summed E-state index contributed by atoms with van der Waals surface area (Å²) in [4.78, 5) is 40.4. The van der Waals surface area contributed by atoms with Crippen molar-refractivity contribution in [2.24, 2.45) is 10.8 Å². The van der Waals surface area contributed by atoms with Gasteiger partial charge in [-0.2, -0.15) is 0 Å². The first-order chi connectivity index (χ1) is 15.0. The van der Waals surface area contributed by atoms with Crippen LogP contribution in [0.2, 0.25) is 0 Å². The van der Waals surface area contributed by atoms with Gasteiger partial charge in [0.05, 0.1) is 0 Å². The molecule has 0 unspecified atom stereocenters. The maximum absolute atomic E-state index is 12.5. The number of nitrogens with one attached hydrogen (secondary N) is 2. The van der Waals surface area contributed by atoms with Crippen molar-refractivity contribution in [1.29, 1.82) is 0 Å². The van der Waals surface area contributed by atoms with Crippen molar-refractivity contribution in [2.75, 3.05) is 11.9 Å². The number of carboxylic acid groups (broad SMARTS) is 2. The zero-order valence-corrected chi connectivity index (χ0v) is 18.5. The van der Waals surface area contributed by atoms with E-state index in [1.165, 1.54) is 0 Å². The highest BCUT2D eigenvalue weighted by Gasteiger charge is 2.52. The monoisotopic (exact) mass is 439 g/mol. The van der Waals surface area contributed by atoms with Gasteiger partial charge in [0.25, 0.3) is 0 Å². The molecule has 4 N–H and O–H groups in total. The summed E-state index contributed by atoms with van der Waals surface area (Å²) in [6.07, 6.45) is 6.50. The average Bonchev–Trinajstić information content (AvgIpc) is 3.17. The van der Waals surface area contributed by atoms with Crippen molar-refractivity contribution in [2.45, 2.75) is 52.1 Å². The van der Waals surface area contributed by atoms with E-state index in [2.05, 4.69) is 36.0 Å². The van der Waals surface area contributed by atoms with Crippen LogP contribution in [0, 0.1) is 10.8 Å². The summed E-state index contributed by atoms with van der Waals surface area (Å²) in [5.74, 6) is -2.67. The van der Waals surface area contributed by atoms with Crippen LogP contribution in [0.25, 0.3) is 10.9 Å². The van der Waals surface area contributed by atoms with E-state index in [0.29, 0.717) is 11.3 Å². The molecule has 3 atom stereocenters. The van der Waals surface area contributed by atoms with Crippen LogP contribution < -0.4 is 5.32 Å². The number of carbonyl (C=O) groups is 3. The van der Waals surface area contributed by atoms with Gasteiger partial charge in [0.2, 0.25) is 5.91 Å². The summed E-state index contributed by atoms with van der Waals surface area (Å²) in [6, 6.07) is 4.62. The number of fused-ring (bicyclic) bond motifs is 3. The molecular formula is C24H29N3O5. The van der Waals surface area contributed by atoms with Crippen LogP contribution in [0.3, 0.4) is 0 Å². The molecule has 8 heteroatoms.